The second kappa shape index (κ2) is 11.2. The molecule has 0 aliphatic carbocycles. The second-order valence-corrected chi connectivity index (χ2v) is 6.49. The zero-order valence-corrected chi connectivity index (χ0v) is 17.0. The minimum absolute atomic E-state index is 0.00385. The predicted octanol–water partition coefficient (Wildman–Crippen LogP) is 2.16. The molecule has 1 N–H and O–H groups in total. The van der Waals surface area contributed by atoms with Crippen LogP contribution in [-0.2, 0) is 11.3 Å². The van der Waals surface area contributed by atoms with Crippen molar-refractivity contribution in [3.05, 3.63) is 46.8 Å². The standard InChI is InChI=1S/C21H30N4O3/c1-4-24(5-2)15-13-22-20(26)10-7-14-25-21(27)12-11-19(23-25)17-8-6-9-18(16-17)28-3/h6,8-9,11-12,16H,4-5,7,10,13-15H2,1-3H3,(H,22,26). The fraction of sp³-hybridized carbons (Fsp3) is 0.476. The fourth-order valence-electron chi connectivity index (χ4n) is 2.92. The van der Waals surface area contributed by atoms with Gasteiger partial charge in [-0.3, -0.25) is 9.59 Å². The third-order valence-corrected chi connectivity index (χ3v) is 4.65. The summed E-state index contributed by atoms with van der Waals surface area (Å²) < 4.78 is 6.65. The van der Waals surface area contributed by atoms with Gasteiger partial charge in [0, 0.05) is 37.7 Å². The van der Waals surface area contributed by atoms with Gasteiger partial charge in [0.2, 0.25) is 5.91 Å². The molecular formula is C21H30N4O3. The smallest absolute Gasteiger partial charge is 0.266 e. The van der Waals surface area contributed by atoms with Gasteiger partial charge in [-0.15, -0.1) is 0 Å². The highest BCUT2D eigenvalue weighted by molar-refractivity contribution is 5.75. The molecule has 1 amide bonds. The van der Waals surface area contributed by atoms with Crippen LogP contribution in [0.4, 0.5) is 0 Å². The van der Waals surface area contributed by atoms with E-state index in [2.05, 4.69) is 29.2 Å². The lowest BCUT2D eigenvalue weighted by Crippen LogP contribution is -2.34. The van der Waals surface area contributed by atoms with E-state index in [9.17, 15) is 9.59 Å². The van der Waals surface area contributed by atoms with Crippen molar-refractivity contribution < 1.29 is 9.53 Å². The first-order valence-corrected chi connectivity index (χ1v) is 9.79. The van der Waals surface area contributed by atoms with Crippen molar-refractivity contribution in [1.82, 2.24) is 20.0 Å². The summed E-state index contributed by atoms with van der Waals surface area (Å²) in [6.45, 7) is 8.06. The van der Waals surface area contributed by atoms with Crippen LogP contribution < -0.4 is 15.6 Å². The highest BCUT2D eigenvalue weighted by Crippen LogP contribution is 2.21. The van der Waals surface area contributed by atoms with Crippen LogP contribution in [0.2, 0.25) is 0 Å². The van der Waals surface area contributed by atoms with E-state index in [0.29, 0.717) is 31.6 Å². The molecule has 0 spiro atoms. The van der Waals surface area contributed by atoms with Crippen molar-refractivity contribution in [1.29, 1.82) is 0 Å². The molecule has 1 aromatic heterocycles. The molecule has 0 aliphatic heterocycles. The number of ether oxygens (including phenoxy) is 1. The van der Waals surface area contributed by atoms with Crippen molar-refractivity contribution in [3.63, 3.8) is 0 Å². The number of benzene rings is 1. The van der Waals surface area contributed by atoms with E-state index in [0.717, 1.165) is 30.9 Å². The van der Waals surface area contributed by atoms with Gasteiger partial charge in [-0.2, -0.15) is 5.10 Å². The van der Waals surface area contributed by atoms with Gasteiger partial charge in [-0.05, 0) is 37.7 Å². The lowest BCUT2D eigenvalue weighted by molar-refractivity contribution is -0.121. The van der Waals surface area contributed by atoms with Gasteiger partial charge in [-0.1, -0.05) is 26.0 Å². The van der Waals surface area contributed by atoms with Crippen LogP contribution in [-0.4, -0.2) is 53.9 Å². The molecule has 7 nitrogen and oxygen atoms in total. The summed E-state index contributed by atoms with van der Waals surface area (Å²) in [4.78, 5) is 26.3. The van der Waals surface area contributed by atoms with Gasteiger partial charge < -0.3 is 15.0 Å². The predicted molar refractivity (Wildman–Crippen MR) is 111 cm³/mol. The summed E-state index contributed by atoms with van der Waals surface area (Å²) in [7, 11) is 1.61. The Labute approximate surface area is 166 Å². The van der Waals surface area contributed by atoms with E-state index in [1.165, 1.54) is 10.7 Å². The second-order valence-electron chi connectivity index (χ2n) is 6.49. The molecule has 0 unspecified atom stereocenters. The van der Waals surface area contributed by atoms with Gasteiger partial charge in [-0.25, -0.2) is 4.68 Å². The van der Waals surface area contributed by atoms with Gasteiger partial charge >= 0.3 is 0 Å². The van der Waals surface area contributed by atoms with Crippen molar-refractivity contribution in [3.8, 4) is 17.0 Å². The lowest BCUT2D eigenvalue weighted by Gasteiger charge is -2.17. The normalized spacial score (nSPS) is 10.9. The Morgan fingerprint density at radius 1 is 1.21 bits per heavy atom. The molecule has 0 radical (unpaired) electrons. The summed E-state index contributed by atoms with van der Waals surface area (Å²) in [5, 5.41) is 7.36. The molecular weight excluding hydrogens is 356 g/mol. The highest BCUT2D eigenvalue weighted by atomic mass is 16.5. The van der Waals surface area contributed by atoms with Crippen molar-refractivity contribution in [2.24, 2.45) is 0 Å². The number of aromatic nitrogens is 2. The molecule has 0 saturated carbocycles. The molecule has 2 aromatic rings. The molecule has 0 atom stereocenters. The number of hydrogen-bond donors (Lipinski definition) is 1. The average molecular weight is 386 g/mol. The van der Waals surface area contributed by atoms with Crippen LogP contribution in [0.3, 0.4) is 0 Å². The Morgan fingerprint density at radius 3 is 2.71 bits per heavy atom. The molecule has 1 aromatic carbocycles. The van der Waals surface area contributed by atoms with Crippen LogP contribution >= 0.6 is 0 Å². The van der Waals surface area contributed by atoms with Crippen molar-refractivity contribution in [2.75, 3.05) is 33.3 Å². The molecule has 0 aliphatic rings. The molecule has 0 bridgehead atoms. The Bertz CT molecular complexity index is 815. The molecule has 0 fully saturated rings. The largest absolute Gasteiger partial charge is 0.497 e. The third kappa shape index (κ3) is 6.49. The Balaban J connectivity index is 1.88. The zero-order valence-electron chi connectivity index (χ0n) is 17.0. The molecule has 7 heteroatoms. The topological polar surface area (TPSA) is 76.5 Å². The van der Waals surface area contributed by atoms with Crippen LogP contribution in [0.1, 0.15) is 26.7 Å². The van der Waals surface area contributed by atoms with Gasteiger partial charge in [0.1, 0.15) is 5.75 Å². The van der Waals surface area contributed by atoms with E-state index in [4.69, 9.17) is 4.74 Å². The number of amides is 1. The van der Waals surface area contributed by atoms with Crippen molar-refractivity contribution in [2.45, 2.75) is 33.2 Å². The fourth-order valence-corrected chi connectivity index (χ4v) is 2.92. The summed E-state index contributed by atoms with van der Waals surface area (Å²) in [6.07, 6.45) is 0.932. The minimum Gasteiger partial charge on any atom is -0.497 e. The zero-order chi connectivity index (χ0) is 20.4. The number of carbonyl (C=O) groups excluding carboxylic acids is 1. The van der Waals surface area contributed by atoms with Gasteiger partial charge in [0.15, 0.2) is 0 Å². The Morgan fingerprint density at radius 2 is 2.00 bits per heavy atom. The monoisotopic (exact) mass is 386 g/mol. The molecule has 2 rings (SSSR count). The molecule has 152 valence electrons. The van der Waals surface area contributed by atoms with E-state index in [1.54, 1.807) is 13.2 Å². The highest BCUT2D eigenvalue weighted by Gasteiger charge is 2.07. The first-order chi connectivity index (χ1) is 13.6. The van der Waals surface area contributed by atoms with Gasteiger partial charge in [0.25, 0.3) is 5.56 Å². The number of aryl methyl sites for hydroxylation is 1. The minimum atomic E-state index is -0.173. The number of likely N-dealkylation sites (N-methyl/N-ethyl adjacent to an activating group) is 1. The summed E-state index contributed by atoms with van der Waals surface area (Å²) >= 11 is 0. The van der Waals surface area contributed by atoms with E-state index < -0.39 is 0 Å². The molecule has 0 saturated heterocycles. The van der Waals surface area contributed by atoms with E-state index >= 15 is 0 Å². The van der Waals surface area contributed by atoms with Crippen LogP contribution in [0, 0.1) is 0 Å². The number of rotatable bonds is 11. The number of methoxy groups -OCH3 is 1. The van der Waals surface area contributed by atoms with Gasteiger partial charge in [0.05, 0.1) is 12.8 Å². The first kappa shape index (κ1) is 21.6. The molecule has 28 heavy (non-hydrogen) atoms. The maximum atomic E-state index is 12.1. The first-order valence-electron chi connectivity index (χ1n) is 9.79. The number of hydrogen-bond acceptors (Lipinski definition) is 5. The lowest BCUT2D eigenvalue weighted by atomic mass is 10.1. The summed E-state index contributed by atoms with van der Waals surface area (Å²) in [6, 6.07) is 10.7. The number of nitrogens with zero attached hydrogens (tertiary/aromatic N) is 3. The van der Waals surface area contributed by atoms with Crippen LogP contribution in [0.25, 0.3) is 11.3 Å². The maximum absolute atomic E-state index is 12.1. The maximum Gasteiger partial charge on any atom is 0.266 e. The third-order valence-electron chi connectivity index (χ3n) is 4.65. The average Bonchev–Trinajstić information content (AvgIpc) is 2.72. The van der Waals surface area contributed by atoms with Crippen LogP contribution in [0.5, 0.6) is 5.75 Å². The van der Waals surface area contributed by atoms with Crippen molar-refractivity contribution >= 4 is 5.91 Å². The van der Waals surface area contributed by atoms with E-state index in [1.807, 2.05) is 24.3 Å². The number of nitrogens with one attached hydrogen (secondary N) is 1. The quantitative estimate of drug-likeness (QED) is 0.640. The van der Waals surface area contributed by atoms with E-state index in [-0.39, 0.29) is 11.5 Å². The van der Waals surface area contributed by atoms with Crippen LogP contribution in [0.15, 0.2) is 41.2 Å². The molecule has 1 heterocycles. The number of carbonyl (C=O) groups is 1. The Kier molecular flexibility index (Phi) is 8.68. The SMILES string of the molecule is CCN(CC)CCNC(=O)CCCn1nc(-c2cccc(OC)c2)ccc1=O. The summed E-state index contributed by atoms with van der Waals surface area (Å²) in [5.74, 6) is 0.739. The Hall–Kier alpha value is -2.67. The summed E-state index contributed by atoms with van der Waals surface area (Å²) in [5.41, 5.74) is 1.40.